The summed E-state index contributed by atoms with van der Waals surface area (Å²) >= 11 is 0. The third-order valence-electron chi connectivity index (χ3n) is 4.43. The fourth-order valence-electron chi connectivity index (χ4n) is 3.42. The van der Waals surface area contributed by atoms with Gasteiger partial charge in [-0.05, 0) is 62.4 Å². The Morgan fingerprint density at radius 3 is 2.47 bits per heavy atom. The lowest BCUT2D eigenvalue weighted by Crippen LogP contribution is -2.34. The molecule has 1 aliphatic carbocycles. The number of nitrogens with one attached hydrogen (secondary N) is 1. The molecule has 0 aliphatic heterocycles. The van der Waals surface area contributed by atoms with E-state index in [9.17, 15) is 0 Å². The molecule has 0 amide bonds. The molecule has 17 heavy (non-hydrogen) atoms. The van der Waals surface area contributed by atoms with Gasteiger partial charge in [-0.2, -0.15) is 0 Å². The van der Waals surface area contributed by atoms with Gasteiger partial charge in [0.25, 0.3) is 0 Å². The number of hydrogen-bond donors (Lipinski definition) is 1. The highest BCUT2D eigenvalue weighted by Crippen LogP contribution is 2.38. The van der Waals surface area contributed by atoms with Crippen molar-refractivity contribution < 1.29 is 0 Å². The van der Waals surface area contributed by atoms with Crippen LogP contribution in [0.3, 0.4) is 0 Å². The third-order valence-corrected chi connectivity index (χ3v) is 4.43. The predicted octanol–water partition coefficient (Wildman–Crippen LogP) is 4.47. The summed E-state index contributed by atoms with van der Waals surface area (Å²) in [6.07, 6.45) is 8.53. The van der Waals surface area contributed by atoms with Crippen molar-refractivity contribution in [2.45, 2.75) is 66.2 Å². The zero-order chi connectivity index (χ0) is 12.7. The fourth-order valence-corrected chi connectivity index (χ4v) is 3.42. The minimum absolute atomic E-state index is 0.865. The third kappa shape index (κ3) is 5.42. The Labute approximate surface area is 109 Å². The quantitative estimate of drug-likeness (QED) is 0.646. The molecular formula is C16H33N. The standard InChI is InChI=1S/C16H33N/c1-5-9-17-12-15-8-7-14(6-2)11-16(15)10-13(3)4/h13-17H,5-12H2,1-4H3. The molecule has 0 aromatic heterocycles. The molecule has 1 nitrogen and oxygen atoms in total. The van der Waals surface area contributed by atoms with Crippen LogP contribution in [0.5, 0.6) is 0 Å². The van der Waals surface area contributed by atoms with Gasteiger partial charge < -0.3 is 5.32 Å². The maximum atomic E-state index is 3.64. The van der Waals surface area contributed by atoms with E-state index < -0.39 is 0 Å². The first-order valence-electron chi connectivity index (χ1n) is 7.88. The zero-order valence-corrected chi connectivity index (χ0v) is 12.5. The van der Waals surface area contributed by atoms with Gasteiger partial charge in [0, 0.05) is 0 Å². The average molecular weight is 239 g/mol. The lowest BCUT2D eigenvalue weighted by atomic mass is 9.70. The van der Waals surface area contributed by atoms with E-state index in [0.29, 0.717) is 0 Å². The summed E-state index contributed by atoms with van der Waals surface area (Å²) in [7, 11) is 0. The maximum Gasteiger partial charge on any atom is -0.00179 e. The van der Waals surface area contributed by atoms with E-state index in [1.54, 1.807) is 0 Å². The molecule has 0 radical (unpaired) electrons. The van der Waals surface area contributed by atoms with Gasteiger partial charge in [0.2, 0.25) is 0 Å². The zero-order valence-electron chi connectivity index (χ0n) is 12.5. The Hall–Kier alpha value is -0.0400. The van der Waals surface area contributed by atoms with Crippen molar-refractivity contribution in [3.05, 3.63) is 0 Å². The molecule has 0 aromatic carbocycles. The summed E-state index contributed by atoms with van der Waals surface area (Å²) in [5.41, 5.74) is 0. The normalized spacial score (nSPS) is 29.8. The monoisotopic (exact) mass is 239 g/mol. The molecule has 1 heteroatoms. The van der Waals surface area contributed by atoms with E-state index in [2.05, 4.69) is 33.0 Å². The molecule has 0 spiro atoms. The van der Waals surface area contributed by atoms with Gasteiger partial charge in [0.15, 0.2) is 0 Å². The first kappa shape index (κ1) is 15.0. The summed E-state index contributed by atoms with van der Waals surface area (Å²) in [6, 6.07) is 0. The summed E-state index contributed by atoms with van der Waals surface area (Å²) in [6.45, 7) is 11.8. The van der Waals surface area contributed by atoms with Crippen LogP contribution in [0.25, 0.3) is 0 Å². The van der Waals surface area contributed by atoms with Gasteiger partial charge in [-0.25, -0.2) is 0 Å². The molecule has 1 N–H and O–H groups in total. The second kappa shape index (κ2) is 8.13. The minimum atomic E-state index is 0.865. The molecule has 0 heterocycles. The van der Waals surface area contributed by atoms with Crippen LogP contribution in [0.1, 0.15) is 66.2 Å². The molecule has 0 saturated heterocycles. The van der Waals surface area contributed by atoms with E-state index in [1.165, 1.54) is 51.6 Å². The number of rotatable bonds is 7. The van der Waals surface area contributed by atoms with E-state index in [0.717, 1.165) is 23.7 Å². The predicted molar refractivity (Wildman–Crippen MR) is 77.2 cm³/mol. The Morgan fingerprint density at radius 1 is 1.12 bits per heavy atom. The molecule has 0 bridgehead atoms. The van der Waals surface area contributed by atoms with Gasteiger partial charge in [-0.1, -0.05) is 40.5 Å². The smallest absolute Gasteiger partial charge is 0.00179 e. The van der Waals surface area contributed by atoms with Crippen LogP contribution in [0.15, 0.2) is 0 Å². The first-order chi connectivity index (χ1) is 8.17. The molecular weight excluding hydrogens is 206 g/mol. The average Bonchev–Trinajstić information content (AvgIpc) is 2.30. The van der Waals surface area contributed by atoms with Crippen molar-refractivity contribution in [1.29, 1.82) is 0 Å². The Kier molecular flexibility index (Phi) is 7.18. The van der Waals surface area contributed by atoms with Gasteiger partial charge in [0.1, 0.15) is 0 Å². The van der Waals surface area contributed by atoms with Crippen LogP contribution in [0.2, 0.25) is 0 Å². The van der Waals surface area contributed by atoms with Crippen molar-refractivity contribution >= 4 is 0 Å². The van der Waals surface area contributed by atoms with Gasteiger partial charge in [-0.15, -0.1) is 0 Å². The molecule has 102 valence electrons. The first-order valence-corrected chi connectivity index (χ1v) is 7.88. The molecule has 1 fully saturated rings. The molecule has 3 atom stereocenters. The minimum Gasteiger partial charge on any atom is -0.316 e. The van der Waals surface area contributed by atoms with E-state index >= 15 is 0 Å². The van der Waals surface area contributed by atoms with Gasteiger partial charge in [-0.3, -0.25) is 0 Å². The van der Waals surface area contributed by atoms with E-state index in [-0.39, 0.29) is 0 Å². The Morgan fingerprint density at radius 2 is 1.88 bits per heavy atom. The SMILES string of the molecule is CCCNCC1CCC(CC)CC1CC(C)C. The van der Waals surface area contributed by atoms with Crippen LogP contribution < -0.4 is 5.32 Å². The second-order valence-corrected chi connectivity index (χ2v) is 6.44. The Bertz CT molecular complexity index is 186. The molecule has 1 rings (SSSR count). The fraction of sp³-hybridized carbons (Fsp3) is 1.00. The molecule has 0 aromatic rings. The van der Waals surface area contributed by atoms with Crippen molar-refractivity contribution in [2.75, 3.05) is 13.1 Å². The summed E-state index contributed by atoms with van der Waals surface area (Å²) in [4.78, 5) is 0. The number of hydrogen-bond acceptors (Lipinski definition) is 1. The highest BCUT2D eigenvalue weighted by atomic mass is 14.9. The van der Waals surface area contributed by atoms with Gasteiger partial charge >= 0.3 is 0 Å². The van der Waals surface area contributed by atoms with Crippen molar-refractivity contribution in [3.63, 3.8) is 0 Å². The molecule has 1 aliphatic rings. The topological polar surface area (TPSA) is 12.0 Å². The lowest BCUT2D eigenvalue weighted by Gasteiger charge is -2.37. The van der Waals surface area contributed by atoms with E-state index in [1.807, 2.05) is 0 Å². The van der Waals surface area contributed by atoms with Crippen LogP contribution in [-0.4, -0.2) is 13.1 Å². The largest absolute Gasteiger partial charge is 0.316 e. The van der Waals surface area contributed by atoms with Crippen molar-refractivity contribution in [1.82, 2.24) is 5.32 Å². The van der Waals surface area contributed by atoms with Crippen LogP contribution >= 0.6 is 0 Å². The summed E-state index contributed by atoms with van der Waals surface area (Å²) in [5, 5.41) is 3.64. The Balaban J connectivity index is 2.42. The van der Waals surface area contributed by atoms with Crippen LogP contribution in [0.4, 0.5) is 0 Å². The van der Waals surface area contributed by atoms with E-state index in [4.69, 9.17) is 0 Å². The highest BCUT2D eigenvalue weighted by Gasteiger charge is 2.29. The van der Waals surface area contributed by atoms with Crippen molar-refractivity contribution in [3.8, 4) is 0 Å². The maximum absolute atomic E-state index is 3.64. The van der Waals surface area contributed by atoms with Gasteiger partial charge in [0.05, 0.1) is 0 Å². The van der Waals surface area contributed by atoms with Crippen LogP contribution in [0, 0.1) is 23.7 Å². The summed E-state index contributed by atoms with van der Waals surface area (Å²) < 4.78 is 0. The molecule has 1 saturated carbocycles. The van der Waals surface area contributed by atoms with Crippen LogP contribution in [-0.2, 0) is 0 Å². The molecule has 3 unspecified atom stereocenters. The second-order valence-electron chi connectivity index (χ2n) is 6.44. The highest BCUT2D eigenvalue weighted by molar-refractivity contribution is 4.81. The van der Waals surface area contributed by atoms with Crippen molar-refractivity contribution in [2.24, 2.45) is 23.7 Å². The summed E-state index contributed by atoms with van der Waals surface area (Å²) in [5.74, 6) is 3.82. The lowest BCUT2D eigenvalue weighted by molar-refractivity contribution is 0.150.